The summed E-state index contributed by atoms with van der Waals surface area (Å²) < 4.78 is 75.6. The van der Waals surface area contributed by atoms with E-state index in [1.54, 1.807) is 6.92 Å². The number of hydrogen-bond donors (Lipinski definition) is 1. The summed E-state index contributed by atoms with van der Waals surface area (Å²) in [5.74, 6) is -2.15. The molecule has 0 spiro atoms. The SMILES string of the molecule is CCOc1nc(Nc2cccc(C(F)(F)F)c2)nc(OCc2ccc(F)c(F)c2)n1. The summed E-state index contributed by atoms with van der Waals surface area (Å²) in [7, 11) is 0. The first-order valence-corrected chi connectivity index (χ1v) is 8.64. The number of anilines is 2. The number of hydrogen-bond acceptors (Lipinski definition) is 6. The highest BCUT2D eigenvalue weighted by molar-refractivity contribution is 5.55. The maximum atomic E-state index is 13.3. The van der Waals surface area contributed by atoms with Crippen LogP contribution in [0.5, 0.6) is 12.0 Å². The molecule has 0 aliphatic heterocycles. The van der Waals surface area contributed by atoms with E-state index in [9.17, 15) is 22.0 Å². The summed E-state index contributed by atoms with van der Waals surface area (Å²) in [5, 5.41) is 2.64. The van der Waals surface area contributed by atoms with Crippen LogP contribution in [0.25, 0.3) is 0 Å². The lowest BCUT2D eigenvalue weighted by atomic mass is 10.2. The second-order valence-electron chi connectivity index (χ2n) is 5.90. The third-order valence-electron chi connectivity index (χ3n) is 3.67. The summed E-state index contributed by atoms with van der Waals surface area (Å²) in [5.41, 5.74) is -0.439. The van der Waals surface area contributed by atoms with Crippen molar-refractivity contribution in [2.24, 2.45) is 0 Å². The molecule has 1 aromatic heterocycles. The van der Waals surface area contributed by atoms with Crippen molar-refractivity contribution in [2.45, 2.75) is 19.7 Å². The van der Waals surface area contributed by atoms with Crippen LogP contribution in [0.3, 0.4) is 0 Å². The van der Waals surface area contributed by atoms with Gasteiger partial charge < -0.3 is 14.8 Å². The van der Waals surface area contributed by atoms with Gasteiger partial charge in [-0.05, 0) is 42.8 Å². The van der Waals surface area contributed by atoms with Crippen molar-refractivity contribution in [3.8, 4) is 12.0 Å². The zero-order chi connectivity index (χ0) is 21.7. The fourth-order valence-electron chi connectivity index (χ4n) is 2.33. The molecule has 0 saturated carbocycles. The minimum atomic E-state index is -4.51. The fraction of sp³-hybridized carbons (Fsp3) is 0.211. The molecule has 0 radical (unpaired) electrons. The number of nitrogens with zero attached hydrogens (tertiary/aromatic N) is 3. The van der Waals surface area contributed by atoms with Crippen molar-refractivity contribution in [1.82, 2.24) is 15.0 Å². The van der Waals surface area contributed by atoms with Crippen LogP contribution < -0.4 is 14.8 Å². The second kappa shape index (κ2) is 8.89. The molecule has 0 saturated heterocycles. The van der Waals surface area contributed by atoms with E-state index < -0.39 is 23.4 Å². The standard InChI is InChI=1S/C19H15F5N4O2/c1-2-29-17-26-16(25-13-5-3-4-12(9-13)19(22,23)24)27-18(28-17)30-10-11-6-7-14(20)15(21)8-11/h3-9H,2,10H2,1H3,(H,25,26,27,28). The molecule has 3 rings (SSSR count). The van der Waals surface area contributed by atoms with Gasteiger partial charge in [-0.2, -0.15) is 23.1 Å². The third-order valence-corrected chi connectivity index (χ3v) is 3.67. The summed E-state index contributed by atoms with van der Waals surface area (Å²) in [6, 6.07) is 7.36. The summed E-state index contributed by atoms with van der Waals surface area (Å²) >= 11 is 0. The normalized spacial score (nSPS) is 11.3. The Kier molecular flexibility index (Phi) is 6.28. The highest BCUT2D eigenvalue weighted by Gasteiger charge is 2.30. The number of aromatic nitrogens is 3. The first-order valence-electron chi connectivity index (χ1n) is 8.64. The van der Waals surface area contributed by atoms with E-state index in [4.69, 9.17) is 9.47 Å². The van der Waals surface area contributed by atoms with E-state index in [-0.39, 0.29) is 36.9 Å². The maximum absolute atomic E-state index is 13.3. The Bertz CT molecular complexity index is 1030. The van der Waals surface area contributed by atoms with Gasteiger partial charge in [0.15, 0.2) is 11.6 Å². The van der Waals surface area contributed by atoms with Gasteiger partial charge in [-0.3, -0.25) is 0 Å². The van der Waals surface area contributed by atoms with Gasteiger partial charge in [-0.25, -0.2) is 8.78 Å². The van der Waals surface area contributed by atoms with Crippen molar-refractivity contribution < 1.29 is 31.4 Å². The third kappa shape index (κ3) is 5.52. The lowest BCUT2D eigenvalue weighted by molar-refractivity contribution is -0.137. The van der Waals surface area contributed by atoms with E-state index in [1.165, 1.54) is 18.2 Å². The van der Waals surface area contributed by atoms with Gasteiger partial charge in [0.25, 0.3) is 0 Å². The average Bonchev–Trinajstić information content (AvgIpc) is 2.69. The van der Waals surface area contributed by atoms with E-state index in [1.807, 2.05) is 0 Å². The molecular formula is C19H15F5N4O2. The van der Waals surface area contributed by atoms with Crippen LogP contribution in [0.4, 0.5) is 33.6 Å². The highest BCUT2D eigenvalue weighted by Crippen LogP contribution is 2.31. The number of rotatable bonds is 7. The second-order valence-corrected chi connectivity index (χ2v) is 5.90. The number of ether oxygens (including phenoxy) is 2. The summed E-state index contributed by atoms with van der Waals surface area (Å²) in [6.07, 6.45) is -4.51. The van der Waals surface area contributed by atoms with Gasteiger partial charge in [-0.1, -0.05) is 12.1 Å². The molecule has 0 aliphatic carbocycles. The van der Waals surface area contributed by atoms with Gasteiger partial charge in [0.1, 0.15) is 6.61 Å². The average molecular weight is 426 g/mol. The first kappa shape index (κ1) is 21.2. The molecular weight excluding hydrogens is 411 g/mol. The number of nitrogens with one attached hydrogen (secondary N) is 1. The summed E-state index contributed by atoms with van der Waals surface area (Å²) in [6.45, 7) is 1.72. The fourth-order valence-corrected chi connectivity index (χ4v) is 2.33. The van der Waals surface area contributed by atoms with Gasteiger partial charge in [0.05, 0.1) is 12.2 Å². The smallest absolute Gasteiger partial charge is 0.416 e. The molecule has 0 aliphatic rings. The Hall–Kier alpha value is -3.50. The van der Waals surface area contributed by atoms with Crippen molar-refractivity contribution >= 4 is 11.6 Å². The molecule has 0 fully saturated rings. The quantitative estimate of drug-likeness (QED) is 0.543. The molecule has 0 amide bonds. The molecule has 11 heteroatoms. The van der Waals surface area contributed by atoms with Crippen LogP contribution in [-0.4, -0.2) is 21.6 Å². The minimum Gasteiger partial charge on any atom is -0.464 e. The van der Waals surface area contributed by atoms with Crippen LogP contribution in [0.2, 0.25) is 0 Å². The number of halogens is 5. The molecule has 2 aromatic carbocycles. The van der Waals surface area contributed by atoms with Crippen LogP contribution in [0.1, 0.15) is 18.1 Å². The van der Waals surface area contributed by atoms with Crippen molar-refractivity contribution in [1.29, 1.82) is 0 Å². The zero-order valence-electron chi connectivity index (χ0n) is 15.5. The lowest BCUT2D eigenvalue weighted by Gasteiger charge is -2.11. The van der Waals surface area contributed by atoms with Crippen LogP contribution in [0, 0.1) is 11.6 Å². The first-order chi connectivity index (χ1) is 14.2. The molecule has 0 bridgehead atoms. The Morgan fingerprint density at radius 1 is 0.900 bits per heavy atom. The minimum absolute atomic E-state index is 0.0880. The number of benzene rings is 2. The molecule has 1 N–H and O–H groups in total. The van der Waals surface area contributed by atoms with Crippen molar-refractivity contribution in [2.75, 3.05) is 11.9 Å². The predicted octanol–water partition coefficient (Wildman–Crippen LogP) is 4.89. The van der Waals surface area contributed by atoms with E-state index in [0.29, 0.717) is 5.56 Å². The van der Waals surface area contributed by atoms with Crippen LogP contribution in [-0.2, 0) is 12.8 Å². The van der Waals surface area contributed by atoms with Gasteiger partial charge in [0.2, 0.25) is 5.95 Å². The maximum Gasteiger partial charge on any atom is 0.416 e. The molecule has 3 aromatic rings. The van der Waals surface area contributed by atoms with Gasteiger partial charge in [-0.15, -0.1) is 4.98 Å². The highest BCUT2D eigenvalue weighted by atomic mass is 19.4. The van der Waals surface area contributed by atoms with Crippen LogP contribution in [0.15, 0.2) is 42.5 Å². The monoisotopic (exact) mass is 426 g/mol. The molecule has 0 atom stereocenters. The van der Waals surface area contributed by atoms with Gasteiger partial charge in [0, 0.05) is 5.69 Å². The van der Waals surface area contributed by atoms with Crippen LogP contribution >= 0.6 is 0 Å². The molecule has 1 heterocycles. The van der Waals surface area contributed by atoms with E-state index in [2.05, 4.69) is 20.3 Å². The zero-order valence-corrected chi connectivity index (χ0v) is 15.5. The molecule has 6 nitrogen and oxygen atoms in total. The van der Waals surface area contributed by atoms with E-state index in [0.717, 1.165) is 24.3 Å². The molecule has 0 unspecified atom stereocenters. The Morgan fingerprint density at radius 3 is 2.30 bits per heavy atom. The largest absolute Gasteiger partial charge is 0.464 e. The lowest BCUT2D eigenvalue weighted by Crippen LogP contribution is -2.08. The predicted molar refractivity (Wildman–Crippen MR) is 96.4 cm³/mol. The molecule has 30 heavy (non-hydrogen) atoms. The molecule has 158 valence electrons. The van der Waals surface area contributed by atoms with Crippen molar-refractivity contribution in [3.63, 3.8) is 0 Å². The van der Waals surface area contributed by atoms with E-state index >= 15 is 0 Å². The summed E-state index contributed by atoms with van der Waals surface area (Å²) in [4.78, 5) is 11.9. The van der Waals surface area contributed by atoms with Crippen molar-refractivity contribution in [3.05, 3.63) is 65.2 Å². The Balaban J connectivity index is 1.81. The van der Waals surface area contributed by atoms with Gasteiger partial charge >= 0.3 is 18.2 Å². The Morgan fingerprint density at radius 2 is 1.63 bits per heavy atom. The number of alkyl halides is 3. The topological polar surface area (TPSA) is 69.2 Å². The Labute approximate surface area is 167 Å².